The molecule has 3 rings (SSSR count). The maximum Gasteiger partial charge on any atom is 0.310 e. The van der Waals surface area contributed by atoms with Crippen molar-refractivity contribution in [2.45, 2.75) is 19.8 Å². The molecule has 2 aromatic carbocycles. The van der Waals surface area contributed by atoms with Gasteiger partial charge in [0.05, 0.1) is 23.4 Å². The van der Waals surface area contributed by atoms with Crippen LogP contribution >= 0.6 is 11.6 Å². The molecular formula is C20H17ClFNO4. The number of hydrogen-bond acceptors (Lipinski definition) is 4. The van der Waals surface area contributed by atoms with E-state index in [0.29, 0.717) is 11.1 Å². The highest BCUT2D eigenvalue weighted by Crippen LogP contribution is 2.24. The Hall–Kier alpha value is -2.86. The number of hydrogen-bond donors (Lipinski definition) is 1. The van der Waals surface area contributed by atoms with Crippen molar-refractivity contribution in [1.29, 1.82) is 0 Å². The van der Waals surface area contributed by atoms with E-state index in [1.54, 1.807) is 0 Å². The number of carbonyl (C=O) groups excluding carboxylic acids is 2. The standard InChI is InChI=1S/C20H17ClFNO4/c1-2-12-3-5-15-13(10-26-18(15)7-12)8-20(25)27-11-19(24)23-17-6-4-14(22)9-16(17)21/h3-7,9-10H,2,8,11H2,1H3,(H,23,24). The van der Waals surface area contributed by atoms with E-state index in [4.69, 9.17) is 20.8 Å². The van der Waals surface area contributed by atoms with Crippen molar-refractivity contribution in [2.24, 2.45) is 0 Å². The molecule has 7 heteroatoms. The molecule has 0 aliphatic carbocycles. The van der Waals surface area contributed by atoms with E-state index in [9.17, 15) is 14.0 Å². The molecule has 5 nitrogen and oxygen atoms in total. The fourth-order valence-electron chi connectivity index (χ4n) is 2.61. The molecule has 0 spiro atoms. The van der Waals surface area contributed by atoms with Gasteiger partial charge in [-0.05, 0) is 36.2 Å². The molecule has 1 amide bonds. The molecule has 0 bridgehead atoms. The lowest BCUT2D eigenvalue weighted by Crippen LogP contribution is -2.21. The van der Waals surface area contributed by atoms with Crippen LogP contribution in [0.5, 0.6) is 0 Å². The number of nitrogens with one attached hydrogen (secondary N) is 1. The predicted octanol–water partition coefficient (Wildman–Crippen LogP) is 4.51. The third-order valence-electron chi connectivity index (χ3n) is 4.03. The summed E-state index contributed by atoms with van der Waals surface area (Å²) in [6.07, 6.45) is 2.40. The summed E-state index contributed by atoms with van der Waals surface area (Å²) in [7, 11) is 0. The van der Waals surface area contributed by atoms with Crippen LogP contribution in [0.3, 0.4) is 0 Å². The summed E-state index contributed by atoms with van der Waals surface area (Å²) in [5.41, 5.74) is 2.79. The van der Waals surface area contributed by atoms with Crippen molar-refractivity contribution < 1.29 is 23.1 Å². The zero-order valence-corrected chi connectivity index (χ0v) is 15.3. The maximum atomic E-state index is 13.0. The van der Waals surface area contributed by atoms with Gasteiger partial charge in [0, 0.05) is 10.9 Å². The van der Waals surface area contributed by atoms with Gasteiger partial charge in [-0.1, -0.05) is 30.7 Å². The zero-order valence-electron chi connectivity index (χ0n) is 14.6. The lowest BCUT2D eigenvalue weighted by Gasteiger charge is -2.08. The van der Waals surface area contributed by atoms with Crippen LogP contribution in [-0.2, 0) is 27.2 Å². The van der Waals surface area contributed by atoms with Gasteiger partial charge in [-0.2, -0.15) is 0 Å². The Morgan fingerprint density at radius 1 is 1.22 bits per heavy atom. The van der Waals surface area contributed by atoms with E-state index < -0.39 is 24.3 Å². The number of esters is 1. The Labute approximate surface area is 160 Å². The van der Waals surface area contributed by atoms with E-state index in [1.165, 1.54) is 18.4 Å². The number of furan rings is 1. The Kier molecular flexibility index (Phi) is 5.76. The number of amides is 1. The van der Waals surface area contributed by atoms with Crippen LogP contribution in [0, 0.1) is 5.82 Å². The molecular weight excluding hydrogens is 373 g/mol. The smallest absolute Gasteiger partial charge is 0.310 e. The minimum absolute atomic E-state index is 0.0109. The monoisotopic (exact) mass is 389 g/mol. The van der Waals surface area contributed by atoms with Gasteiger partial charge in [-0.15, -0.1) is 0 Å². The molecule has 1 aromatic heterocycles. The van der Waals surface area contributed by atoms with Crippen LogP contribution in [0.15, 0.2) is 47.1 Å². The second-order valence-electron chi connectivity index (χ2n) is 5.95. The first-order valence-corrected chi connectivity index (χ1v) is 8.73. The van der Waals surface area contributed by atoms with Crippen LogP contribution in [0.25, 0.3) is 11.0 Å². The van der Waals surface area contributed by atoms with Gasteiger partial charge in [0.2, 0.25) is 0 Å². The minimum Gasteiger partial charge on any atom is -0.464 e. The van der Waals surface area contributed by atoms with E-state index in [-0.39, 0.29) is 17.1 Å². The van der Waals surface area contributed by atoms with E-state index in [2.05, 4.69) is 5.32 Å². The molecule has 1 heterocycles. The molecule has 0 radical (unpaired) electrons. The quantitative estimate of drug-likeness (QED) is 0.630. The van der Waals surface area contributed by atoms with Crippen LogP contribution in [-0.4, -0.2) is 18.5 Å². The average molecular weight is 390 g/mol. The largest absolute Gasteiger partial charge is 0.464 e. The molecule has 140 valence electrons. The molecule has 1 N–H and O–H groups in total. The predicted molar refractivity (Wildman–Crippen MR) is 100 cm³/mol. The van der Waals surface area contributed by atoms with Gasteiger partial charge in [-0.3, -0.25) is 9.59 Å². The number of anilines is 1. The Morgan fingerprint density at radius 2 is 2.04 bits per heavy atom. The number of rotatable bonds is 6. The van der Waals surface area contributed by atoms with Crippen LogP contribution in [0.1, 0.15) is 18.1 Å². The fraction of sp³-hybridized carbons (Fsp3) is 0.200. The maximum absolute atomic E-state index is 13.0. The van der Waals surface area contributed by atoms with E-state index in [0.717, 1.165) is 23.4 Å². The van der Waals surface area contributed by atoms with Crippen molar-refractivity contribution >= 4 is 40.1 Å². The first kappa shape index (κ1) is 18.9. The second kappa shape index (κ2) is 8.22. The molecule has 0 saturated carbocycles. The van der Waals surface area contributed by atoms with Crippen molar-refractivity contribution in [3.05, 3.63) is 64.6 Å². The van der Waals surface area contributed by atoms with Gasteiger partial charge >= 0.3 is 5.97 Å². The Bertz CT molecular complexity index is 999. The highest BCUT2D eigenvalue weighted by atomic mass is 35.5. The fourth-order valence-corrected chi connectivity index (χ4v) is 2.83. The molecule has 0 aliphatic rings. The minimum atomic E-state index is -0.568. The number of ether oxygens (including phenoxy) is 1. The van der Waals surface area contributed by atoms with Crippen LogP contribution in [0.4, 0.5) is 10.1 Å². The summed E-state index contributed by atoms with van der Waals surface area (Å²) in [5.74, 6) is -1.64. The van der Waals surface area contributed by atoms with Crippen molar-refractivity contribution in [1.82, 2.24) is 0 Å². The number of aryl methyl sites for hydroxylation is 1. The van der Waals surface area contributed by atoms with Gasteiger partial charge < -0.3 is 14.5 Å². The Balaban J connectivity index is 1.56. The Morgan fingerprint density at radius 3 is 2.78 bits per heavy atom. The average Bonchev–Trinajstić information content (AvgIpc) is 3.04. The van der Waals surface area contributed by atoms with Gasteiger partial charge in [-0.25, -0.2) is 4.39 Å². The molecule has 0 fully saturated rings. The summed E-state index contributed by atoms with van der Waals surface area (Å²) >= 11 is 5.84. The number of carbonyl (C=O) groups is 2. The summed E-state index contributed by atoms with van der Waals surface area (Å²) in [6, 6.07) is 9.40. The molecule has 0 aliphatic heterocycles. The van der Waals surface area contributed by atoms with Crippen molar-refractivity contribution in [2.75, 3.05) is 11.9 Å². The van der Waals surface area contributed by atoms with E-state index in [1.807, 2.05) is 25.1 Å². The van der Waals surface area contributed by atoms with E-state index >= 15 is 0 Å². The van der Waals surface area contributed by atoms with Gasteiger partial charge in [0.25, 0.3) is 5.91 Å². The highest BCUT2D eigenvalue weighted by Gasteiger charge is 2.14. The lowest BCUT2D eigenvalue weighted by atomic mass is 10.1. The summed E-state index contributed by atoms with van der Waals surface area (Å²) in [4.78, 5) is 23.9. The van der Waals surface area contributed by atoms with Gasteiger partial charge in [0.1, 0.15) is 11.4 Å². The topological polar surface area (TPSA) is 68.5 Å². The third kappa shape index (κ3) is 4.65. The zero-order chi connectivity index (χ0) is 19.4. The second-order valence-corrected chi connectivity index (χ2v) is 6.36. The molecule has 0 saturated heterocycles. The van der Waals surface area contributed by atoms with Gasteiger partial charge in [0.15, 0.2) is 6.61 Å². The number of benzene rings is 2. The number of halogens is 2. The molecule has 0 unspecified atom stereocenters. The summed E-state index contributed by atoms with van der Waals surface area (Å²) < 4.78 is 23.5. The molecule has 0 atom stereocenters. The molecule has 3 aromatic rings. The summed E-state index contributed by atoms with van der Waals surface area (Å²) in [5, 5.41) is 3.36. The normalized spacial score (nSPS) is 10.8. The third-order valence-corrected chi connectivity index (χ3v) is 4.35. The first-order valence-electron chi connectivity index (χ1n) is 8.35. The van der Waals surface area contributed by atoms with Crippen molar-refractivity contribution in [3.63, 3.8) is 0 Å². The summed E-state index contributed by atoms with van der Waals surface area (Å²) in [6.45, 7) is 1.58. The van der Waals surface area contributed by atoms with Crippen molar-refractivity contribution in [3.8, 4) is 0 Å². The molecule has 27 heavy (non-hydrogen) atoms. The number of fused-ring (bicyclic) bond motifs is 1. The lowest BCUT2D eigenvalue weighted by molar-refractivity contribution is -0.146. The van der Waals surface area contributed by atoms with Crippen LogP contribution < -0.4 is 5.32 Å². The highest BCUT2D eigenvalue weighted by molar-refractivity contribution is 6.33. The van der Waals surface area contributed by atoms with Crippen LogP contribution in [0.2, 0.25) is 5.02 Å². The first-order chi connectivity index (χ1) is 13.0. The SMILES string of the molecule is CCc1ccc2c(CC(=O)OCC(=O)Nc3ccc(F)cc3Cl)coc2c1.